The maximum Gasteiger partial charge on any atom is 0.142 e. The molecule has 0 saturated carbocycles. The van der Waals surface area contributed by atoms with E-state index in [0.29, 0.717) is 10.3 Å². The van der Waals surface area contributed by atoms with Gasteiger partial charge in [0, 0.05) is 6.54 Å². The number of hydrogen-bond donors (Lipinski definition) is 0. The van der Waals surface area contributed by atoms with Crippen LogP contribution in [-0.4, -0.2) is 23.2 Å². The number of carbonyl (C=O) groups is 1. The quantitative estimate of drug-likeness (QED) is 0.521. The summed E-state index contributed by atoms with van der Waals surface area (Å²) in [5.41, 5.74) is 0. The van der Waals surface area contributed by atoms with E-state index in [1.54, 1.807) is 6.08 Å². The van der Waals surface area contributed by atoms with Crippen LogP contribution < -0.4 is 0 Å². The maximum atomic E-state index is 10.6. The number of carbonyl (C=O) groups excluding carboxylic acids is 1. The number of nitrogens with zero attached hydrogens (tertiary/aromatic N) is 1. The minimum absolute atomic E-state index is 0.134. The largest absolute Gasteiger partial charge is 0.301 e. The van der Waals surface area contributed by atoms with Gasteiger partial charge in [-0.05, 0) is 23.9 Å². The molecule has 68 valence electrons. The van der Waals surface area contributed by atoms with Crippen molar-refractivity contribution in [1.82, 2.24) is 4.31 Å². The standard InChI is InChI=1S/C8H12ClNOS/c1-6(2)4-10-7(5-11)3-8(9)12-10/h3,5-7H,4H2,1-2H3. The predicted molar refractivity (Wildman–Crippen MR) is 52.9 cm³/mol. The maximum absolute atomic E-state index is 10.6. The molecule has 2 nitrogen and oxygen atoms in total. The van der Waals surface area contributed by atoms with Crippen molar-refractivity contribution in [3.8, 4) is 0 Å². The minimum Gasteiger partial charge on any atom is -0.301 e. The molecular formula is C8H12ClNOS. The zero-order chi connectivity index (χ0) is 9.14. The molecule has 0 saturated heterocycles. The van der Waals surface area contributed by atoms with Crippen molar-refractivity contribution in [3.63, 3.8) is 0 Å². The second-order valence-corrected chi connectivity index (χ2v) is 4.90. The Hall–Kier alpha value is 0.01000. The Morgan fingerprint density at radius 3 is 3.00 bits per heavy atom. The monoisotopic (exact) mass is 205 g/mol. The summed E-state index contributed by atoms with van der Waals surface area (Å²) in [6, 6.07) is -0.134. The molecule has 1 heterocycles. The van der Waals surface area contributed by atoms with Gasteiger partial charge in [0.2, 0.25) is 0 Å². The molecule has 1 aliphatic rings. The van der Waals surface area contributed by atoms with Crippen LogP contribution in [0.1, 0.15) is 13.8 Å². The lowest BCUT2D eigenvalue weighted by atomic mass is 10.2. The Kier molecular flexibility index (Phi) is 3.62. The number of rotatable bonds is 3. The van der Waals surface area contributed by atoms with Gasteiger partial charge in [-0.25, -0.2) is 4.31 Å². The van der Waals surface area contributed by atoms with E-state index in [0.717, 1.165) is 12.8 Å². The average molecular weight is 206 g/mol. The lowest BCUT2D eigenvalue weighted by Gasteiger charge is -2.20. The molecule has 1 aliphatic heterocycles. The molecule has 0 amide bonds. The van der Waals surface area contributed by atoms with E-state index >= 15 is 0 Å². The van der Waals surface area contributed by atoms with Gasteiger partial charge < -0.3 is 4.79 Å². The first kappa shape index (κ1) is 10.1. The number of aldehydes is 1. The molecule has 0 N–H and O–H groups in total. The van der Waals surface area contributed by atoms with Crippen LogP contribution in [0.5, 0.6) is 0 Å². The second-order valence-electron chi connectivity index (χ2n) is 3.18. The number of halogens is 1. The Labute approximate surface area is 82.1 Å². The molecule has 1 rings (SSSR count). The molecule has 0 aliphatic carbocycles. The first-order valence-corrected chi connectivity index (χ1v) is 5.06. The smallest absolute Gasteiger partial charge is 0.142 e. The van der Waals surface area contributed by atoms with Crippen LogP contribution in [0, 0.1) is 5.92 Å². The van der Waals surface area contributed by atoms with Crippen molar-refractivity contribution in [1.29, 1.82) is 0 Å². The van der Waals surface area contributed by atoms with Crippen molar-refractivity contribution >= 4 is 29.8 Å². The van der Waals surface area contributed by atoms with Gasteiger partial charge in [0.25, 0.3) is 0 Å². The van der Waals surface area contributed by atoms with Gasteiger partial charge in [0.1, 0.15) is 6.29 Å². The van der Waals surface area contributed by atoms with Crippen molar-refractivity contribution in [3.05, 3.63) is 10.4 Å². The van der Waals surface area contributed by atoms with Crippen molar-refractivity contribution < 1.29 is 4.79 Å². The van der Waals surface area contributed by atoms with Crippen LogP contribution in [0.25, 0.3) is 0 Å². The Morgan fingerprint density at radius 1 is 1.83 bits per heavy atom. The molecule has 0 aromatic carbocycles. The number of hydrogen-bond acceptors (Lipinski definition) is 3. The third-order valence-electron chi connectivity index (χ3n) is 1.52. The van der Waals surface area contributed by atoms with Crippen LogP contribution in [0.3, 0.4) is 0 Å². The summed E-state index contributed by atoms with van der Waals surface area (Å²) in [6.45, 7) is 5.13. The van der Waals surface area contributed by atoms with E-state index in [2.05, 4.69) is 13.8 Å². The van der Waals surface area contributed by atoms with E-state index in [1.165, 1.54) is 11.9 Å². The topological polar surface area (TPSA) is 20.3 Å². The average Bonchev–Trinajstić information content (AvgIpc) is 2.29. The van der Waals surface area contributed by atoms with E-state index in [-0.39, 0.29) is 6.04 Å². The van der Waals surface area contributed by atoms with Gasteiger partial charge in [-0.3, -0.25) is 0 Å². The third-order valence-corrected chi connectivity index (χ3v) is 2.79. The van der Waals surface area contributed by atoms with Crippen molar-refractivity contribution in [2.24, 2.45) is 5.92 Å². The van der Waals surface area contributed by atoms with Crippen LogP contribution >= 0.6 is 23.5 Å². The fourth-order valence-electron chi connectivity index (χ4n) is 1.05. The minimum atomic E-state index is -0.134. The van der Waals surface area contributed by atoms with E-state index in [4.69, 9.17) is 11.6 Å². The lowest BCUT2D eigenvalue weighted by Crippen LogP contribution is -2.28. The molecule has 0 spiro atoms. The summed E-state index contributed by atoms with van der Waals surface area (Å²) < 4.78 is 2.70. The molecule has 0 aromatic heterocycles. The summed E-state index contributed by atoms with van der Waals surface area (Å²) in [7, 11) is 0. The molecule has 0 radical (unpaired) electrons. The first-order valence-electron chi connectivity index (χ1n) is 3.90. The van der Waals surface area contributed by atoms with Gasteiger partial charge in [0.15, 0.2) is 0 Å². The zero-order valence-corrected chi connectivity index (χ0v) is 8.73. The second kappa shape index (κ2) is 4.30. The fraction of sp³-hybridized carbons (Fsp3) is 0.625. The van der Waals surface area contributed by atoms with E-state index < -0.39 is 0 Å². The van der Waals surface area contributed by atoms with Crippen LogP contribution in [0.15, 0.2) is 10.4 Å². The van der Waals surface area contributed by atoms with Crippen LogP contribution in [0.2, 0.25) is 0 Å². The normalized spacial score (nSPS) is 24.7. The Morgan fingerprint density at radius 2 is 2.50 bits per heavy atom. The zero-order valence-electron chi connectivity index (χ0n) is 7.16. The van der Waals surface area contributed by atoms with Crippen LogP contribution in [-0.2, 0) is 4.79 Å². The van der Waals surface area contributed by atoms with E-state index in [1.807, 2.05) is 4.31 Å². The molecule has 1 atom stereocenters. The van der Waals surface area contributed by atoms with Crippen molar-refractivity contribution in [2.45, 2.75) is 19.9 Å². The molecule has 12 heavy (non-hydrogen) atoms. The summed E-state index contributed by atoms with van der Waals surface area (Å²) in [6.07, 6.45) is 2.70. The van der Waals surface area contributed by atoms with Gasteiger partial charge in [0.05, 0.1) is 10.4 Å². The highest BCUT2D eigenvalue weighted by atomic mass is 35.5. The molecule has 0 bridgehead atoms. The van der Waals surface area contributed by atoms with Gasteiger partial charge in [-0.2, -0.15) is 0 Å². The molecule has 4 heteroatoms. The molecular weight excluding hydrogens is 194 g/mol. The molecule has 1 unspecified atom stereocenters. The summed E-state index contributed by atoms with van der Waals surface area (Å²) >= 11 is 7.24. The van der Waals surface area contributed by atoms with Gasteiger partial charge in [-0.1, -0.05) is 25.4 Å². The Balaban J connectivity index is 2.52. The lowest BCUT2D eigenvalue weighted by molar-refractivity contribution is -0.109. The summed E-state index contributed by atoms with van der Waals surface area (Å²) in [5, 5.41) is 0. The predicted octanol–water partition coefficient (Wildman–Crippen LogP) is 2.25. The fourth-order valence-corrected chi connectivity index (χ4v) is 2.47. The molecule has 0 fully saturated rings. The summed E-state index contributed by atoms with van der Waals surface area (Å²) in [5.74, 6) is 0.552. The highest BCUT2D eigenvalue weighted by Gasteiger charge is 2.24. The van der Waals surface area contributed by atoms with Crippen LogP contribution in [0.4, 0.5) is 0 Å². The molecule has 0 aromatic rings. The SMILES string of the molecule is CC(C)CN1SC(Cl)=CC1C=O. The van der Waals surface area contributed by atoms with Crippen molar-refractivity contribution in [2.75, 3.05) is 6.54 Å². The third kappa shape index (κ3) is 2.51. The van der Waals surface area contributed by atoms with E-state index in [9.17, 15) is 4.79 Å². The van der Waals surface area contributed by atoms with Gasteiger partial charge in [-0.15, -0.1) is 0 Å². The highest BCUT2D eigenvalue weighted by molar-refractivity contribution is 8.02. The summed E-state index contributed by atoms with van der Waals surface area (Å²) in [4.78, 5) is 10.6. The first-order chi connectivity index (χ1) is 5.63. The van der Waals surface area contributed by atoms with Gasteiger partial charge >= 0.3 is 0 Å². The highest BCUT2D eigenvalue weighted by Crippen LogP contribution is 2.34. The Bertz CT molecular complexity index is 205.